The van der Waals surface area contributed by atoms with Gasteiger partial charge < -0.3 is 10.4 Å². The van der Waals surface area contributed by atoms with E-state index in [4.69, 9.17) is 0 Å². The highest BCUT2D eigenvalue weighted by molar-refractivity contribution is 7.09. The fourth-order valence-electron chi connectivity index (χ4n) is 2.20. The van der Waals surface area contributed by atoms with Crippen LogP contribution in [0.5, 0.6) is 0 Å². The maximum atomic E-state index is 10.2. The largest absolute Gasteiger partial charge is 0.387 e. The molecule has 0 radical (unpaired) electrons. The van der Waals surface area contributed by atoms with Gasteiger partial charge in [-0.3, -0.25) is 0 Å². The molecule has 0 fully saturated rings. The van der Waals surface area contributed by atoms with E-state index in [1.807, 2.05) is 19.1 Å². The summed E-state index contributed by atoms with van der Waals surface area (Å²) in [6, 6.07) is 8.24. The molecular weight excluding hydrogens is 280 g/mol. The van der Waals surface area contributed by atoms with Gasteiger partial charge in [-0.15, -0.1) is 11.3 Å². The molecule has 0 saturated carbocycles. The molecule has 2 aromatic rings. The second-order valence-electron chi connectivity index (χ2n) is 5.65. The standard InChI is InChI=1S/C17H24N2OS/c1-12(2)14-4-6-15(7-5-14)17(20)10-18-9-8-16-11-21-13(3)19-16/h4-7,11-12,17-18,20H,8-10H2,1-3H3. The van der Waals surface area contributed by atoms with Crippen molar-refractivity contribution in [3.63, 3.8) is 0 Å². The quantitative estimate of drug-likeness (QED) is 0.770. The number of aliphatic hydroxyl groups excluding tert-OH is 1. The molecular formula is C17H24N2OS. The molecule has 1 heterocycles. The molecule has 0 amide bonds. The Morgan fingerprint density at radius 1 is 1.19 bits per heavy atom. The molecule has 0 aliphatic rings. The molecule has 114 valence electrons. The zero-order valence-corrected chi connectivity index (χ0v) is 13.8. The molecule has 0 saturated heterocycles. The van der Waals surface area contributed by atoms with Crippen LogP contribution in [0.25, 0.3) is 0 Å². The number of thiazole rings is 1. The van der Waals surface area contributed by atoms with Gasteiger partial charge in [0.25, 0.3) is 0 Å². The smallest absolute Gasteiger partial charge is 0.0914 e. The zero-order chi connectivity index (χ0) is 15.2. The molecule has 1 unspecified atom stereocenters. The number of rotatable bonds is 7. The zero-order valence-electron chi connectivity index (χ0n) is 13.0. The Morgan fingerprint density at radius 3 is 2.43 bits per heavy atom. The van der Waals surface area contributed by atoms with Crippen molar-refractivity contribution in [3.05, 3.63) is 51.5 Å². The maximum Gasteiger partial charge on any atom is 0.0914 e. The number of aryl methyl sites for hydroxylation is 1. The lowest BCUT2D eigenvalue weighted by Gasteiger charge is -2.13. The Bertz CT molecular complexity index is 548. The lowest BCUT2D eigenvalue weighted by atomic mass is 10.00. The normalized spacial score (nSPS) is 12.8. The Balaban J connectivity index is 1.75. The lowest BCUT2D eigenvalue weighted by Crippen LogP contribution is -2.23. The van der Waals surface area contributed by atoms with E-state index < -0.39 is 6.10 Å². The number of nitrogens with zero attached hydrogens (tertiary/aromatic N) is 1. The minimum Gasteiger partial charge on any atom is -0.387 e. The van der Waals surface area contributed by atoms with E-state index in [-0.39, 0.29) is 0 Å². The van der Waals surface area contributed by atoms with E-state index in [9.17, 15) is 5.11 Å². The van der Waals surface area contributed by atoms with Gasteiger partial charge in [-0.2, -0.15) is 0 Å². The van der Waals surface area contributed by atoms with E-state index in [1.165, 1.54) is 5.56 Å². The monoisotopic (exact) mass is 304 g/mol. The van der Waals surface area contributed by atoms with Crippen LogP contribution in [0.15, 0.2) is 29.6 Å². The van der Waals surface area contributed by atoms with Gasteiger partial charge in [-0.1, -0.05) is 38.1 Å². The lowest BCUT2D eigenvalue weighted by molar-refractivity contribution is 0.175. The van der Waals surface area contributed by atoms with Gasteiger partial charge in [0.2, 0.25) is 0 Å². The summed E-state index contributed by atoms with van der Waals surface area (Å²) in [4.78, 5) is 4.43. The highest BCUT2D eigenvalue weighted by atomic mass is 32.1. The number of hydrogen-bond donors (Lipinski definition) is 2. The third-order valence-corrected chi connectivity index (χ3v) is 4.37. The Hall–Kier alpha value is -1.23. The average Bonchev–Trinajstić information content (AvgIpc) is 2.89. The van der Waals surface area contributed by atoms with Crippen LogP contribution in [0.1, 0.15) is 47.7 Å². The van der Waals surface area contributed by atoms with E-state index in [0.717, 1.165) is 29.2 Å². The molecule has 21 heavy (non-hydrogen) atoms. The van der Waals surface area contributed by atoms with Crippen molar-refractivity contribution in [2.24, 2.45) is 0 Å². The van der Waals surface area contributed by atoms with Gasteiger partial charge >= 0.3 is 0 Å². The average molecular weight is 304 g/mol. The first-order chi connectivity index (χ1) is 10.1. The third kappa shape index (κ3) is 4.92. The molecule has 0 aliphatic carbocycles. The second-order valence-corrected chi connectivity index (χ2v) is 6.71. The number of benzene rings is 1. The Morgan fingerprint density at radius 2 is 1.86 bits per heavy atom. The fourth-order valence-corrected chi connectivity index (χ4v) is 2.85. The van der Waals surface area contributed by atoms with Crippen LogP contribution in [0.3, 0.4) is 0 Å². The van der Waals surface area contributed by atoms with Crippen LogP contribution in [-0.2, 0) is 6.42 Å². The van der Waals surface area contributed by atoms with Gasteiger partial charge in [-0.25, -0.2) is 4.98 Å². The molecule has 0 aliphatic heterocycles. The van der Waals surface area contributed by atoms with Crippen LogP contribution >= 0.6 is 11.3 Å². The first-order valence-electron chi connectivity index (χ1n) is 7.46. The summed E-state index contributed by atoms with van der Waals surface area (Å²) in [7, 11) is 0. The van der Waals surface area contributed by atoms with Crippen LogP contribution in [0.2, 0.25) is 0 Å². The van der Waals surface area contributed by atoms with Gasteiger partial charge in [0, 0.05) is 24.9 Å². The van der Waals surface area contributed by atoms with Gasteiger partial charge in [0.1, 0.15) is 0 Å². The van der Waals surface area contributed by atoms with Crippen LogP contribution in [-0.4, -0.2) is 23.2 Å². The topological polar surface area (TPSA) is 45.2 Å². The van der Waals surface area contributed by atoms with Crippen molar-refractivity contribution in [2.75, 3.05) is 13.1 Å². The molecule has 2 N–H and O–H groups in total. The highest BCUT2D eigenvalue weighted by Gasteiger charge is 2.08. The van der Waals surface area contributed by atoms with Gasteiger partial charge in [0.05, 0.1) is 16.8 Å². The van der Waals surface area contributed by atoms with Crippen molar-refractivity contribution < 1.29 is 5.11 Å². The molecule has 3 nitrogen and oxygen atoms in total. The number of nitrogens with one attached hydrogen (secondary N) is 1. The summed E-state index contributed by atoms with van der Waals surface area (Å²) < 4.78 is 0. The summed E-state index contributed by atoms with van der Waals surface area (Å²) in [6.45, 7) is 7.78. The minimum absolute atomic E-state index is 0.455. The SMILES string of the molecule is Cc1nc(CCNCC(O)c2ccc(C(C)C)cc2)cs1. The van der Waals surface area contributed by atoms with E-state index >= 15 is 0 Å². The first kappa shape index (κ1) is 16.1. The summed E-state index contributed by atoms with van der Waals surface area (Å²) in [6.07, 6.45) is 0.451. The molecule has 1 aromatic heterocycles. The second kappa shape index (κ2) is 7.69. The minimum atomic E-state index is -0.455. The molecule has 0 spiro atoms. The van der Waals surface area contributed by atoms with Crippen LogP contribution in [0, 0.1) is 6.92 Å². The summed E-state index contributed by atoms with van der Waals surface area (Å²) >= 11 is 1.68. The van der Waals surface area contributed by atoms with Gasteiger partial charge in [0.15, 0.2) is 0 Å². The molecule has 2 rings (SSSR count). The van der Waals surface area contributed by atoms with Crippen molar-refractivity contribution in [3.8, 4) is 0 Å². The van der Waals surface area contributed by atoms with E-state index in [2.05, 4.69) is 41.7 Å². The summed E-state index contributed by atoms with van der Waals surface area (Å²) in [5.74, 6) is 0.524. The highest BCUT2D eigenvalue weighted by Crippen LogP contribution is 2.18. The van der Waals surface area contributed by atoms with Crippen LogP contribution in [0.4, 0.5) is 0 Å². The van der Waals surface area contributed by atoms with E-state index in [0.29, 0.717) is 12.5 Å². The van der Waals surface area contributed by atoms with E-state index in [1.54, 1.807) is 11.3 Å². The van der Waals surface area contributed by atoms with Crippen molar-refractivity contribution in [1.29, 1.82) is 0 Å². The van der Waals surface area contributed by atoms with Crippen molar-refractivity contribution in [2.45, 2.75) is 39.2 Å². The third-order valence-electron chi connectivity index (χ3n) is 3.55. The molecule has 1 aromatic carbocycles. The predicted molar refractivity (Wildman–Crippen MR) is 88.9 cm³/mol. The molecule has 4 heteroatoms. The fraction of sp³-hybridized carbons (Fsp3) is 0.471. The Kier molecular flexibility index (Phi) is 5.91. The molecule has 0 bridgehead atoms. The molecule has 1 atom stereocenters. The number of aliphatic hydroxyl groups is 1. The number of aromatic nitrogens is 1. The summed E-state index contributed by atoms with van der Waals surface area (Å²) in [5, 5.41) is 16.7. The number of hydrogen-bond acceptors (Lipinski definition) is 4. The predicted octanol–water partition coefficient (Wildman–Crippen LogP) is 3.44. The van der Waals surface area contributed by atoms with Crippen molar-refractivity contribution in [1.82, 2.24) is 10.3 Å². The first-order valence-corrected chi connectivity index (χ1v) is 8.34. The van der Waals surface area contributed by atoms with Crippen LogP contribution < -0.4 is 5.32 Å². The maximum absolute atomic E-state index is 10.2. The Labute approximate surface area is 131 Å². The van der Waals surface area contributed by atoms with Crippen molar-refractivity contribution >= 4 is 11.3 Å². The summed E-state index contributed by atoms with van der Waals surface area (Å²) in [5.41, 5.74) is 3.40. The van der Waals surface area contributed by atoms with Gasteiger partial charge in [-0.05, 0) is 24.0 Å².